The summed E-state index contributed by atoms with van der Waals surface area (Å²) >= 11 is 0. The van der Waals surface area contributed by atoms with Gasteiger partial charge in [0.05, 0.1) is 12.8 Å². The van der Waals surface area contributed by atoms with Gasteiger partial charge in [0.1, 0.15) is 11.5 Å². The predicted molar refractivity (Wildman–Crippen MR) is 117 cm³/mol. The highest BCUT2D eigenvalue weighted by Gasteiger charge is 2.08. The predicted octanol–water partition coefficient (Wildman–Crippen LogP) is 4.89. The lowest BCUT2D eigenvalue weighted by Crippen LogP contribution is -2.24. The number of ether oxygens (including phenoxy) is 2. The van der Waals surface area contributed by atoms with E-state index in [0.29, 0.717) is 18.3 Å². The van der Waals surface area contributed by atoms with Gasteiger partial charge in [-0.25, -0.2) is 5.43 Å². The maximum atomic E-state index is 12.1. The average Bonchev–Trinajstić information content (AvgIpc) is 2.74. The number of carbonyl (C=O) groups excluding carboxylic acids is 1. The van der Waals surface area contributed by atoms with E-state index < -0.39 is 0 Å². The molecule has 29 heavy (non-hydrogen) atoms. The average molecular weight is 390 g/mol. The van der Waals surface area contributed by atoms with E-state index in [2.05, 4.69) is 24.4 Å². The van der Waals surface area contributed by atoms with Crippen LogP contribution in [0.15, 0.2) is 65.8 Å². The highest BCUT2D eigenvalue weighted by Crippen LogP contribution is 2.26. The van der Waals surface area contributed by atoms with Gasteiger partial charge >= 0.3 is 0 Å². The van der Waals surface area contributed by atoms with Gasteiger partial charge in [-0.05, 0) is 47.4 Å². The Morgan fingerprint density at radius 1 is 1.07 bits per heavy atom. The number of benzene rings is 3. The normalized spacial score (nSPS) is 11.2. The van der Waals surface area contributed by atoms with Gasteiger partial charge in [-0.1, -0.05) is 56.3 Å². The van der Waals surface area contributed by atoms with E-state index in [0.717, 1.165) is 22.1 Å². The van der Waals surface area contributed by atoms with Crippen molar-refractivity contribution in [3.63, 3.8) is 0 Å². The van der Waals surface area contributed by atoms with Gasteiger partial charge in [0.15, 0.2) is 6.61 Å². The van der Waals surface area contributed by atoms with Crippen LogP contribution < -0.4 is 14.9 Å². The molecule has 0 unspecified atom stereocenters. The van der Waals surface area contributed by atoms with E-state index in [4.69, 9.17) is 9.47 Å². The molecule has 0 atom stereocenters. The van der Waals surface area contributed by atoms with Crippen LogP contribution in [0.3, 0.4) is 0 Å². The molecule has 5 nitrogen and oxygen atoms in total. The standard InChI is InChI=1S/C24H26N2O3/c1-4-28-23-13-12-18-8-5-6-11-21(18)22(23)15-25-26-24(27)16-29-20-10-7-9-19(14-20)17(2)3/h5-15,17H,4,16H2,1-3H3,(H,26,27)/b25-15+. The molecular weight excluding hydrogens is 364 g/mol. The van der Waals surface area contributed by atoms with Gasteiger partial charge in [0, 0.05) is 5.56 Å². The van der Waals surface area contributed by atoms with Crippen molar-refractivity contribution in [3.8, 4) is 11.5 Å². The Hall–Kier alpha value is -3.34. The monoisotopic (exact) mass is 390 g/mol. The van der Waals surface area contributed by atoms with Gasteiger partial charge < -0.3 is 9.47 Å². The third kappa shape index (κ3) is 5.35. The second kappa shape index (κ2) is 9.73. The number of hydrogen-bond donors (Lipinski definition) is 1. The number of rotatable bonds is 8. The molecule has 150 valence electrons. The van der Waals surface area contributed by atoms with Crippen LogP contribution in [0.1, 0.15) is 37.8 Å². The first-order valence-corrected chi connectivity index (χ1v) is 9.77. The number of hydrogen-bond acceptors (Lipinski definition) is 4. The van der Waals surface area contributed by atoms with Crippen molar-refractivity contribution in [1.82, 2.24) is 5.43 Å². The Bertz CT molecular complexity index is 1010. The Kier molecular flexibility index (Phi) is 6.85. The summed E-state index contributed by atoms with van der Waals surface area (Å²) in [5.41, 5.74) is 4.52. The maximum Gasteiger partial charge on any atom is 0.277 e. The fraction of sp³-hybridized carbons (Fsp3) is 0.250. The summed E-state index contributed by atoms with van der Waals surface area (Å²) in [7, 11) is 0. The molecule has 0 spiro atoms. The smallest absolute Gasteiger partial charge is 0.277 e. The third-order valence-electron chi connectivity index (χ3n) is 4.51. The van der Waals surface area contributed by atoms with Crippen molar-refractivity contribution in [2.45, 2.75) is 26.7 Å². The molecule has 0 bridgehead atoms. The number of nitrogens with one attached hydrogen (secondary N) is 1. The maximum absolute atomic E-state index is 12.1. The first-order chi connectivity index (χ1) is 14.1. The Balaban J connectivity index is 1.66. The van der Waals surface area contributed by atoms with Gasteiger partial charge in [0.25, 0.3) is 5.91 Å². The molecule has 5 heteroatoms. The molecule has 0 heterocycles. The zero-order valence-electron chi connectivity index (χ0n) is 17.0. The Morgan fingerprint density at radius 2 is 1.90 bits per heavy atom. The summed E-state index contributed by atoms with van der Waals surface area (Å²) in [6.45, 7) is 6.61. The first-order valence-electron chi connectivity index (χ1n) is 9.77. The van der Waals surface area contributed by atoms with E-state index in [1.165, 1.54) is 5.56 Å². The van der Waals surface area contributed by atoms with Crippen molar-refractivity contribution in [2.75, 3.05) is 13.2 Å². The fourth-order valence-electron chi connectivity index (χ4n) is 3.00. The van der Waals surface area contributed by atoms with Crippen LogP contribution in [0.5, 0.6) is 11.5 Å². The molecule has 1 N–H and O–H groups in total. The van der Waals surface area contributed by atoms with Crippen LogP contribution in [0, 0.1) is 0 Å². The fourth-order valence-corrected chi connectivity index (χ4v) is 3.00. The molecule has 0 saturated carbocycles. The molecule has 0 saturated heterocycles. The SMILES string of the molecule is CCOc1ccc2ccccc2c1/C=N/NC(=O)COc1cccc(C(C)C)c1. The second-order valence-corrected chi connectivity index (χ2v) is 6.94. The van der Waals surface area contributed by atoms with Crippen molar-refractivity contribution >= 4 is 22.9 Å². The number of fused-ring (bicyclic) bond motifs is 1. The topological polar surface area (TPSA) is 59.9 Å². The molecule has 1 amide bonds. The van der Waals surface area contributed by atoms with Gasteiger partial charge in [0.2, 0.25) is 0 Å². The van der Waals surface area contributed by atoms with Crippen LogP contribution in [0.2, 0.25) is 0 Å². The van der Waals surface area contributed by atoms with Crippen molar-refractivity contribution in [1.29, 1.82) is 0 Å². The minimum absolute atomic E-state index is 0.104. The summed E-state index contributed by atoms with van der Waals surface area (Å²) < 4.78 is 11.3. The minimum Gasteiger partial charge on any atom is -0.493 e. The van der Waals surface area contributed by atoms with Crippen molar-refractivity contribution < 1.29 is 14.3 Å². The first kappa shape index (κ1) is 20.4. The van der Waals surface area contributed by atoms with Crippen LogP contribution in [0.25, 0.3) is 10.8 Å². The molecule has 3 aromatic rings. The lowest BCUT2D eigenvalue weighted by atomic mass is 10.0. The molecule has 0 radical (unpaired) electrons. The third-order valence-corrected chi connectivity index (χ3v) is 4.51. The second-order valence-electron chi connectivity index (χ2n) is 6.94. The van der Waals surface area contributed by atoms with Crippen LogP contribution in [-0.2, 0) is 4.79 Å². The van der Waals surface area contributed by atoms with Crippen molar-refractivity contribution in [3.05, 3.63) is 71.8 Å². The number of nitrogens with zero attached hydrogens (tertiary/aromatic N) is 1. The molecule has 0 aliphatic carbocycles. The molecule has 0 aromatic heterocycles. The van der Waals surface area contributed by atoms with Crippen LogP contribution in [-0.4, -0.2) is 25.3 Å². The molecule has 0 fully saturated rings. The molecular formula is C24H26N2O3. The van der Waals surface area contributed by atoms with Gasteiger partial charge in [-0.2, -0.15) is 5.10 Å². The molecule has 0 aliphatic rings. The Labute approximate surface area is 171 Å². The lowest BCUT2D eigenvalue weighted by Gasteiger charge is -2.10. The quantitative estimate of drug-likeness (QED) is 0.440. The summed E-state index contributed by atoms with van der Waals surface area (Å²) in [6.07, 6.45) is 1.62. The highest BCUT2D eigenvalue weighted by atomic mass is 16.5. The largest absolute Gasteiger partial charge is 0.493 e. The number of carbonyl (C=O) groups is 1. The zero-order valence-corrected chi connectivity index (χ0v) is 17.0. The molecule has 0 aliphatic heterocycles. The highest BCUT2D eigenvalue weighted by molar-refractivity contribution is 6.02. The zero-order chi connectivity index (χ0) is 20.6. The number of hydrazone groups is 1. The summed E-state index contributed by atoms with van der Waals surface area (Å²) in [5, 5.41) is 6.20. The molecule has 3 aromatic carbocycles. The molecule has 3 rings (SSSR count). The van der Waals surface area contributed by atoms with Crippen molar-refractivity contribution in [2.24, 2.45) is 5.10 Å². The van der Waals surface area contributed by atoms with E-state index >= 15 is 0 Å². The Morgan fingerprint density at radius 3 is 2.69 bits per heavy atom. The van der Waals surface area contributed by atoms with Crippen LogP contribution >= 0.6 is 0 Å². The van der Waals surface area contributed by atoms with Gasteiger partial charge in [-0.15, -0.1) is 0 Å². The van der Waals surface area contributed by atoms with E-state index in [9.17, 15) is 4.79 Å². The van der Waals surface area contributed by atoms with E-state index in [-0.39, 0.29) is 12.5 Å². The minimum atomic E-state index is -0.325. The summed E-state index contributed by atoms with van der Waals surface area (Å²) in [4.78, 5) is 12.1. The van der Waals surface area contributed by atoms with E-state index in [1.807, 2.05) is 67.6 Å². The summed E-state index contributed by atoms with van der Waals surface area (Å²) in [6, 6.07) is 19.7. The number of amides is 1. The lowest BCUT2D eigenvalue weighted by molar-refractivity contribution is -0.123. The van der Waals surface area contributed by atoms with Gasteiger partial charge in [-0.3, -0.25) is 4.79 Å². The van der Waals surface area contributed by atoms with E-state index in [1.54, 1.807) is 6.21 Å². The summed E-state index contributed by atoms with van der Waals surface area (Å²) in [5.74, 6) is 1.47. The van der Waals surface area contributed by atoms with Crippen LogP contribution in [0.4, 0.5) is 0 Å².